The molecule has 65 heavy (non-hydrogen) atoms. The molecule has 0 fully saturated rings. The van der Waals surface area contributed by atoms with E-state index in [1.807, 2.05) is 182 Å². The van der Waals surface area contributed by atoms with Crippen LogP contribution < -0.4 is 4.90 Å². The van der Waals surface area contributed by atoms with Crippen LogP contribution in [0.4, 0.5) is 11.4 Å². The second kappa shape index (κ2) is 17.7. The second-order valence-corrected chi connectivity index (χ2v) is 15.6. The van der Waals surface area contributed by atoms with Gasteiger partial charge in [0.15, 0.2) is 0 Å². The lowest BCUT2D eigenvalue weighted by Gasteiger charge is -2.35. The van der Waals surface area contributed by atoms with Crippen LogP contribution in [0.3, 0.4) is 0 Å². The fraction of sp³-hybridized carbons (Fsp3) is 0.0159. The molecule has 0 atom stereocenters. The lowest BCUT2D eigenvalue weighted by Crippen LogP contribution is -2.29. The highest BCUT2D eigenvalue weighted by atomic mass is 16.3. The summed E-state index contributed by atoms with van der Waals surface area (Å²) in [5.74, 6) is 0. The van der Waals surface area contributed by atoms with E-state index in [0.717, 1.165) is 67.4 Å². The smallest absolute Gasteiger partial charge is 0.143 e. The minimum atomic E-state index is -1.17. The number of hydrogen-bond acceptors (Lipinski definition) is 2. The Balaban J connectivity index is 1.23. The first-order valence-corrected chi connectivity index (χ1v) is 21.4. The Bertz CT molecular complexity index is 3680. The van der Waals surface area contributed by atoms with Gasteiger partial charge >= 0.3 is 0 Å². The molecule has 0 bridgehead atoms. The number of nitrogens with zero attached hydrogens (tertiary/aromatic N) is 1. The third-order valence-corrected chi connectivity index (χ3v) is 12.0. The number of benzene rings is 8. The summed E-state index contributed by atoms with van der Waals surface area (Å²) in [5, 5.41) is 1.98. The highest BCUT2D eigenvalue weighted by molar-refractivity contribution is 6.09. The Labute approximate surface area is 391 Å². The Morgan fingerprint density at radius 1 is 0.569 bits per heavy atom. The van der Waals surface area contributed by atoms with E-state index in [9.17, 15) is 8.22 Å². The molecule has 0 amide bonds. The van der Waals surface area contributed by atoms with Crippen LogP contribution in [0.5, 0.6) is 0 Å². The highest BCUT2D eigenvalue weighted by Crippen LogP contribution is 2.55. The van der Waals surface area contributed by atoms with Gasteiger partial charge in [-0.15, -0.1) is 0 Å². The van der Waals surface area contributed by atoms with Crippen LogP contribution >= 0.6 is 0 Å². The Kier molecular flexibility index (Phi) is 9.04. The van der Waals surface area contributed by atoms with E-state index in [1.54, 1.807) is 29.2 Å². The molecule has 0 radical (unpaired) electrons. The largest absolute Gasteiger partial charge is 0.455 e. The summed E-state index contributed by atoms with van der Waals surface area (Å²) in [6, 6.07) is 53.1. The van der Waals surface area contributed by atoms with Crippen molar-refractivity contribution >= 4 is 51.0 Å². The molecule has 1 aliphatic rings. The van der Waals surface area contributed by atoms with Gasteiger partial charge in [-0.1, -0.05) is 220 Å². The van der Waals surface area contributed by atoms with Crippen LogP contribution in [0.1, 0.15) is 43.0 Å². The fourth-order valence-electron chi connectivity index (χ4n) is 9.07. The molecule has 1 aromatic heterocycles. The molecule has 1 aliphatic carbocycles. The summed E-state index contributed by atoms with van der Waals surface area (Å²) >= 11 is 0. The van der Waals surface area contributed by atoms with Crippen LogP contribution in [-0.2, 0) is 5.41 Å². The predicted molar refractivity (Wildman–Crippen MR) is 277 cm³/mol. The SMILES string of the molecule is [2H]C=C([2H])C1=C(/C([2H])=C/N(c2ccc(-c3cccc4c3oc3ccccc34)cc2)c2c([2H])c([2H])c(-c3ccc(/C=C\C=C)c(/C=C\C=C)c3)c([2H])c2[2H])C(c2ccccc2)(c2ccccc2)c2ccccc21. The van der Waals surface area contributed by atoms with Gasteiger partial charge in [0, 0.05) is 33.9 Å². The van der Waals surface area contributed by atoms with Crippen molar-refractivity contribution in [3.05, 3.63) is 295 Å². The number of anilines is 2. The van der Waals surface area contributed by atoms with E-state index >= 15 is 0 Å². The maximum absolute atomic E-state index is 10.5. The molecule has 0 N–H and O–H groups in total. The first-order valence-electron chi connectivity index (χ1n) is 25.0. The average molecular weight is 841 g/mol. The summed E-state index contributed by atoms with van der Waals surface area (Å²) in [6.45, 7) is 8.61. The maximum Gasteiger partial charge on any atom is 0.143 e. The summed E-state index contributed by atoms with van der Waals surface area (Å²) in [6.07, 6.45) is 12.3. The van der Waals surface area contributed by atoms with Gasteiger partial charge in [-0.3, -0.25) is 0 Å². The minimum absolute atomic E-state index is 0.0700. The number of allylic oxidation sites excluding steroid dienone is 8. The van der Waals surface area contributed by atoms with Gasteiger partial charge in [-0.25, -0.2) is 0 Å². The molecule has 310 valence electrons. The lowest BCUT2D eigenvalue weighted by atomic mass is 9.67. The Hall–Kier alpha value is -8.46. The van der Waals surface area contributed by atoms with E-state index in [-0.39, 0.29) is 47.5 Å². The zero-order valence-corrected chi connectivity index (χ0v) is 35.6. The quantitative estimate of drug-likeness (QED) is 0.108. The van der Waals surface area contributed by atoms with Crippen molar-refractivity contribution in [3.63, 3.8) is 0 Å². The van der Waals surface area contributed by atoms with Crippen LogP contribution in [-0.4, -0.2) is 0 Å². The van der Waals surface area contributed by atoms with Crippen molar-refractivity contribution in [1.29, 1.82) is 0 Å². The summed E-state index contributed by atoms with van der Waals surface area (Å²) in [5.41, 5.74) is 8.68. The van der Waals surface area contributed by atoms with E-state index in [1.165, 1.54) is 6.20 Å². The summed E-state index contributed by atoms with van der Waals surface area (Å²) in [4.78, 5) is 1.56. The second-order valence-electron chi connectivity index (χ2n) is 15.6. The van der Waals surface area contributed by atoms with Gasteiger partial charge in [0.05, 0.1) is 15.0 Å². The average Bonchev–Trinajstić information content (AvgIpc) is 3.96. The number of hydrogen-bond donors (Lipinski definition) is 0. The highest BCUT2D eigenvalue weighted by Gasteiger charge is 2.46. The van der Waals surface area contributed by atoms with Crippen molar-refractivity contribution in [3.8, 4) is 22.3 Å². The minimum Gasteiger partial charge on any atom is -0.455 e. The number of furan rings is 1. The molecule has 1 heterocycles. The number of rotatable bonds is 13. The molecule has 2 heteroatoms. The maximum atomic E-state index is 10.5. The van der Waals surface area contributed by atoms with E-state index < -0.39 is 5.41 Å². The molecule has 0 saturated heterocycles. The van der Waals surface area contributed by atoms with E-state index in [4.69, 9.17) is 5.79 Å². The van der Waals surface area contributed by atoms with Crippen molar-refractivity contribution in [2.24, 2.45) is 0 Å². The van der Waals surface area contributed by atoms with Crippen LogP contribution in [0.2, 0.25) is 0 Å². The predicted octanol–water partition coefficient (Wildman–Crippen LogP) is 17.0. The monoisotopic (exact) mass is 840 g/mol. The van der Waals surface area contributed by atoms with Gasteiger partial charge in [-0.2, -0.15) is 0 Å². The van der Waals surface area contributed by atoms with Crippen molar-refractivity contribution in [1.82, 2.24) is 0 Å². The molecular weight excluding hydrogens is 787 g/mol. The number of para-hydroxylation sites is 2. The van der Waals surface area contributed by atoms with Crippen LogP contribution in [0.25, 0.3) is 61.9 Å². The van der Waals surface area contributed by atoms with E-state index in [0.29, 0.717) is 28.0 Å². The summed E-state index contributed by atoms with van der Waals surface area (Å²) < 4.78 is 73.6. The first kappa shape index (κ1) is 33.1. The molecular formula is C63H47NO. The Morgan fingerprint density at radius 2 is 1.20 bits per heavy atom. The molecule has 0 saturated carbocycles. The van der Waals surface area contributed by atoms with Gasteiger partial charge in [0.1, 0.15) is 11.2 Å². The van der Waals surface area contributed by atoms with Crippen LogP contribution in [0.15, 0.2) is 266 Å². The van der Waals surface area contributed by atoms with Gasteiger partial charge in [0.25, 0.3) is 0 Å². The molecule has 0 unspecified atom stereocenters. The first-order chi connectivity index (χ1) is 35.1. The molecule has 10 rings (SSSR count). The van der Waals surface area contributed by atoms with Gasteiger partial charge in [0.2, 0.25) is 0 Å². The Morgan fingerprint density at radius 3 is 1.92 bits per heavy atom. The van der Waals surface area contributed by atoms with Gasteiger partial charge in [-0.05, 0) is 104 Å². The van der Waals surface area contributed by atoms with Crippen molar-refractivity contribution in [2.75, 3.05) is 4.90 Å². The zero-order valence-electron chi connectivity index (χ0n) is 42.6. The number of fused-ring (bicyclic) bond motifs is 4. The summed E-state index contributed by atoms with van der Waals surface area (Å²) in [7, 11) is 0. The molecule has 2 nitrogen and oxygen atoms in total. The zero-order chi connectivity index (χ0) is 50.1. The van der Waals surface area contributed by atoms with Gasteiger partial charge < -0.3 is 9.32 Å². The van der Waals surface area contributed by atoms with Crippen molar-refractivity contribution < 1.29 is 14.0 Å². The lowest BCUT2D eigenvalue weighted by molar-refractivity contribution is 0.670. The van der Waals surface area contributed by atoms with Crippen molar-refractivity contribution in [2.45, 2.75) is 5.41 Å². The molecule has 9 aromatic rings. The van der Waals surface area contributed by atoms with E-state index in [2.05, 4.69) is 13.2 Å². The normalized spacial score (nSPS) is 15.3. The fourth-order valence-corrected chi connectivity index (χ4v) is 9.07. The molecule has 8 aromatic carbocycles. The topological polar surface area (TPSA) is 16.4 Å². The standard InChI is InChI=1S/C63H47NO/c1-4-7-20-45-32-33-49(44-48(45)21-8-5-2)46-34-38-52(39-35-46)64(53-40-36-47(37-41-53)55-28-19-29-58-57-27-16-18-31-61(57)65-62(55)58)43-42-60-54(6-3)56-26-15-17-30-59(56)63(60,50-22-11-9-12-23-50)51-24-13-10-14-25-51/h4-44H,1-3H2/b20-7-,21-8-,43-42+/i3D,6D,34D,35D,38D,39D,42D/b6-3?,20-7-,21-8-,43-42+. The third kappa shape index (κ3) is 7.31. The third-order valence-electron chi connectivity index (χ3n) is 12.0. The molecule has 0 spiro atoms. The van der Waals surface area contributed by atoms with Crippen LogP contribution in [0, 0.1) is 0 Å². The molecule has 0 aliphatic heterocycles.